The fourth-order valence-corrected chi connectivity index (χ4v) is 3.35. The van der Waals surface area contributed by atoms with Crippen molar-refractivity contribution >= 4 is 33.2 Å². The van der Waals surface area contributed by atoms with Crippen LogP contribution in [0, 0.1) is 0 Å². The normalized spacial score (nSPS) is 12.4. The molecule has 0 aliphatic heterocycles. The third-order valence-corrected chi connectivity index (χ3v) is 5.09. The number of nitrogens with one attached hydrogen (secondary N) is 2. The second-order valence-electron chi connectivity index (χ2n) is 5.24. The zero-order chi connectivity index (χ0) is 18.4. The predicted molar refractivity (Wildman–Crippen MR) is 97.5 cm³/mol. The molecule has 0 radical (unpaired) electrons. The summed E-state index contributed by atoms with van der Waals surface area (Å²) in [5.74, 6) is 0.104. The number of rotatable bonds is 7. The van der Waals surface area contributed by atoms with Crippen LogP contribution in [0.1, 0.15) is 13.8 Å². The maximum Gasteiger partial charge on any atom is 0.242 e. The van der Waals surface area contributed by atoms with Crippen LogP contribution in [0.5, 0.6) is 5.75 Å². The molecular weight excluding hydrogens is 364 g/mol. The van der Waals surface area contributed by atoms with Crippen molar-refractivity contribution in [3.05, 3.63) is 53.6 Å². The average molecular weight is 383 g/mol. The summed E-state index contributed by atoms with van der Waals surface area (Å²) in [6.45, 7) is 3.80. The van der Waals surface area contributed by atoms with Gasteiger partial charge >= 0.3 is 0 Å². The van der Waals surface area contributed by atoms with Crippen LogP contribution in [-0.2, 0) is 14.8 Å². The van der Waals surface area contributed by atoms with Gasteiger partial charge in [-0.15, -0.1) is 0 Å². The number of hydrogen-bond donors (Lipinski definition) is 2. The van der Waals surface area contributed by atoms with Crippen LogP contribution in [0.4, 0.5) is 5.69 Å². The molecule has 0 unspecified atom stereocenters. The van der Waals surface area contributed by atoms with Gasteiger partial charge in [0.05, 0.1) is 17.5 Å². The lowest BCUT2D eigenvalue weighted by Crippen LogP contribution is -2.41. The van der Waals surface area contributed by atoms with E-state index in [9.17, 15) is 13.2 Å². The van der Waals surface area contributed by atoms with Crippen LogP contribution in [0.25, 0.3) is 0 Å². The number of ether oxygens (including phenoxy) is 1. The summed E-state index contributed by atoms with van der Waals surface area (Å²) in [6.07, 6.45) is 0. The van der Waals surface area contributed by atoms with Crippen molar-refractivity contribution in [1.29, 1.82) is 0 Å². The van der Waals surface area contributed by atoms with Gasteiger partial charge in [0.15, 0.2) is 0 Å². The zero-order valence-corrected chi connectivity index (χ0v) is 15.4. The molecule has 2 N–H and O–H groups in total. The topological polar surface area (TPSA) is 84.5 Å². The standard InChI is InChI=1S/C17H19ClN2O4S/c1-3-24-15-8-10-16(11-9-15)25(22,23)20-12(2)17(21)19-14-6-4-13(18)5-7-14/h4-12,20H,3H2,1-2H3,(H,19,21)/t12-/m1/s1. The largest absolute Gasteiger partial charge is 0.494 e. The lowest BCUT2D eigenvalue weighted by Gasteiger charge is -2.15. The Morgan fingerprint density at radius 2 is 1.72 bits per heavy atom. The molecule has 25 heavy (non-hydrogen) atoms. The third kappa shape index (κ3) is 5.45. The van der Waals surface area contributed by atoms with Crippen LogP contribution in [0.2, 0.25) is 5.02 Å². The average Bonchev–Trinajstić information content (AvgIpc) is 2.57. The van der Waals surface area contributed by atoms with Gasteiger partial charge in [0.25, 0.3) is 0 Å². The van der Waals surface area contributed by atoms with E-state index in [4.69, 9.17) is 16.3 Å². The molecule has 6 nitrogen and oxygen atoms in total. The number of halogens is 1. The van der Waals surface area contributed by atoms with E-state index in [0.29, 0.717) is 23.1 Å². The Balaban J connectivity index is 2.03. The molecule has 0 aliphatic rings. The maximum atomic E-state index is 12.4. The molecule has 0 saturated heterocycles. The van der Waals surface area contributed by atoms with Crippen molar-refractivity contribution in [2.24, 2.45) is 0 Å². The number of carbonyl (C=O) groups is 1. The molecule has 2 aromatic rings. The molecule has 1 amide bonds. The van der Waals surface area contributed by atoms with Crippen molar-refractivity contribution in [3.8, 4) is 5.75 Å². The Morgan fingerprint density at radius 1 is 1.12 bits per heavy atom. The van der Waals surface area contributed by atoms with Crippen LogP contribution in [-0.4, -0.2) is 27.0 Å². The number of carbonyl (C=O) groups excluding carboxylic acids is 1. The van der Waals surface area contributed by atoms with Gasteiger partial charge < -0.3 is 10.1 Å². The minimum Gasteiger partial charge on any atom is -0.494 e. The monoisotopic (exact) mass is 382 g/mol. The van der Waals surface area contributed by atoms with E-state index < -0.39 is 22.0 Å². The van der Waals surface area contributed by atoms with Crippen LogP contribution in [0.15, 0.2) is 53.4 Å². The van der Waals surface area contributed by atoms with Crippen molar-refractivity contribution in [2.45, 2.75) is 24.8 Å². The Morgan fingerprint density at radius 3 is 2.28 bits per heavy atom. The lowest BCUT2D eigenvalue weighted by atomic mass is 10.3. The van der Waals surface area contributed by atoms with Crippen molar-refractivity contribution in [3.63, 3.8) is 0 Å². The van der Waals surface area contributed by atoms with Gasteiger partial charge in [-0.2, -0.15) is 4.72 Å². The van der Waals surface area contributed by atoms with E-state index in [2.05, 4.69) is 10.0 Å². The minimum atomic E-state index is -3.82. The van der Waals surface area contributed by atoms with E-state index in [0.717, 1.165) is 0 Å². The molecule has 2 aromatic carbocycles. The molecule has 0 spiro atoms. The Kier molecular flexibility index (Phi) is 6.41. The van der Waals surface area contributed by atoms with E-state index in [1.54, 1.807) is 36.4 Å². The molecule has 134 valence electrons. The molecule has 8 heteroatoms. The molecule has 1 atom stereocenters. The van der Waals surface area contributed by atoms with E-state index >= 15 is 0 Å². The minimum absolute atomic E-state index is 0.0575. The fourth-order valence-electron chi connectivity index (χ4n) is 2.02. The first-order valence-corrected chi connectivity index (χ1v) is 9.49. The summed E-state index contributed by atoms with van der Waals surface area (Å²) in [5.41, 5.74) is 0.529. The van der Waals surface area contributed by atoms with E-state index in [1.807, 2.05) is 6.92 Å². The first-order chi connectivity index (χ1) is 11.8. The summed E-state index contributed by atoms with van der Waals surface area (Å²) in [7, 11) is -3.82. The smallest absolute Gasteiger partial charge is 0.242 e. The molecule has 0 saturated carbocycles. The molecule has 0 bridgehead atoms. The Hall–Kier alpha value is -2.09. The first kappa shape index (κ1) is 19.2. The van der Waals surface area contributed by atoms with Gasteiger partial charge in [0.1, 0.15) is 5.75 Å². The number of amides is 1. The highest BCUT2D eigenvalue weighted by atomic mass is 35.5. The van der Waals surface area contributed by atoms with Gasteiger partial charge in [-0.05, 0) is 62.4 Å². The van der Waals surface area contributed by atoms with Gasteiger partial charge in [-0.1, -0.05) is 11.6 Å². The predicted octanol–water partition coefficient (Wildman–Crippen LogP) is 3.04. The molecule has 0 fully saturated rings. The quantitative estimate of drug-likeness (QED) is 0.770. The number of hydrogen-bond acceptors (Lipinski definition) is 4. The summed E-state index contributed by atoms with van der Waals surface area (Å²) >= 11 is 5.78. The highest BCUT2D eigenvalue weighted by molar-refractivity contribution is 7.89. The van der Waals surface area contributed by atoms with Gasteiger partial charge in [-0.25, -0.2) is 8.42 Å². The van der Waals surface area contributed by atoms with Crippen LogP contribution in [0.3, 0.4) is 0 Å². The second-order valence-corrected chi connectivity index (χ2v) is 7.39. The highest BCUT2D eigenvalue weighted by Crippen LogP contribution is 2.17. The van der Waals surface area contributed by atoms with Gasteiger partial charge in [0.2, 0.25) is 15.9 Å². The summed E-state index contributed by atoms with van der Waals surface area (Å²) < 4.78 is 32.4. The number of sulfonamides is 1. The number of anilines is 1. The molecule has 0 aromatic heterocycles. The van der Waals surface area contributed by atoms with Crippen molar-refractivity contribution < 1.29 is 17.9 Å². The number of benzene rings is 2. The van der Waals surface area contributed by atoms with Crippen LogP contribution >= 0.6 is 11.6 Å². The van der Waals surface area contributed by atoms with Gasteiger partial charge in [-0.3, -0.25) is 4.79 Å². The second kappa shape index (κ2) is 8.33. The lowest BCUT2D eigenvalue weighted by molar-refractivity contribution is -0.117. The first-order valence-electron chi connectivity index (χ1n) is 7.63. The SMILES string of the molecule is CCOc1ccc(S(=O)(=O)N[C@H](C)C(=O)Nc2ccc(Cl)cc2)cc1. The zero-order valence-electron chi connectivity index (χ0n) is 13.8. The maximum absolute atomic E-state index is 12.4. The van der Waals surface area contributed by atoms with Crippen molar-refractivity contribution in [2.75, 3.05) is 11.9 Å². The summed E-state index contributed by atoms with van der Waals surface area (Å²) in [5, 5.41) is 3.17. The molecule has 0 aliphatic carbocycles. The summed E-state index contributed by atoms with van der Waals surface area (Å²) in [4.78, 5) is 12.2. The fraction of sp³-hybridized carbons (Fsp3) is 0.235. The Bertz CT molecular complexity index is 821. The molecular formula is C17H19ClN2O4S. The van der Waals surface area contributed by atoms with Crippen molar-refractivity contribution in [1.82, 2.24) is 4.72 Å². The third-order valence-electron chi connectivity index (χ3n) is 3.28. The van der Waals surface area contributed by atoms with E-state index in [-0.39, 0.29) is 4.90 Å². The Labute approximate surface area is 152 Å². The van der Waals surface area contributed by atoms with E-state index in [1.165, 1.54) is 19.1 Å². The highest BCUT2D eigenvalue weighted by Gasteiger charge is 2.22. The summed E-state index contributed by atoms with van der Waals surface area (Å²) in [6, 6.07) is 11.6. The molecule has 2 rings (SSSR count). The van der Waals surface area contributed by atoms with Gasteiger partial charge in [0, 0.05) is 10.7 Å². The van der Waals surface area contributed by atoms with Crippen LogP contribution < -0.4 is 14.8 Å². The molecule has 0 heterocycles.